The van der Waals surface area contributed by atoms with Gasteiger partial charge in [0.1, 0.15) is 12.4 Å². The summed E-state index contributed by atoms with van der Waals surface area (Å²) in [5.74, 6) is -0.162. The topological polar surface area (TPSA) is 82.4 Å². The van der Waals surface area contributed by atoms with Crippen LogP contribution in [0.2, 0.25) is 0 Å². The van der Waals surface area contributed by atoms with Crippen molar-refractivity contribution in [3.63, 3.8) is 0 Å². The van der Waals surface area contributed by atoms with Crippen LogP contribution in [0, 0.1) is 0 Å². The molecule has 0 radical (unpaired) electrons. The minimum Gasteiger partial charge on any atom is -0.489 e. The molecule has 3 aromatic rings. The Hall–Kier alpha value is -3.61. The molecule has 0 atom stereocenters. The minimum absolute atomic E-state index is 0.0855. The Kier molecular flexibility index (Phi) is 6.44. The summed E-state index contributed by atoms with van der Waals surface area (Å²) in [6.07, 6.45) is 1.42. The maximum Gasteiger partial charge on any atom is 0.358 e. The highest BCUT2D eigenvalue weighted by Crippen LogP contribution is 2.25. The van der Waals surface area contributed by atoms with Crippen LogP contribution in [0.1, 0.15) is 52.7 Å². The molecule has 2 aromatic carbocycles. The van der Waals surface area contributed by atoms with Crippen molar-refractivity contribution in [2.45, 2.75) is 32.8 Å². The van der Waals surface area contributed by atoms with E-state index in [4.69, 9.17) is 9.47 Å². The molecule has 31 heavy (non-hydrogen) atoms. The molecule has 0 aliphatic heterocycles. The molecule has 0 saturated carbocycles. The fourth-order valence-corrected chi connectivity index (χ4v) is 3.08. The standard InChI is InChI=1S/C24H27N3O4/c1-24(2,3)18-9-11-19(12-10-18)31-15-16-7-6-8-17(13-16)22(28)26-20-14-25-27(4)21(20)23(29)30-5/h6-14H,15H2,1-5H3,(H,26,28). The second-order valence-electron chi connectivity index (χ2n) is 8.24. The monoisotopic (exact) mass is 421 g/mol. The zero-order valence-electron chi connectivity index (χ0n) is 18.4. The second kappa shape index (κ2) is 9.04. The van der Waals surface area contributed by atoms with Gasteiger partial charge in [-0.1, -0.05) is 45.0 Å². The van der Waals surface area contributed by atoms with Gasteiger partial charge in [-0.2, -0.15) is 5.10 Å². The van der Waals surface area contributed by atoms with Gasteiger partial charge in [-0.05, 0) is 40.8 Å². The Morgan fingerprint density at radius 2 is 1.81 bits per heavy atom. The van der Waals surface area contributed by atoms with Gasteiger partial charge in [-0.15, -0.1) is 0 Å². The number of ether oxygens (including phenoxy) is 2. The molecule has 162 valence electrons. The molecule has 1 heterocycles. The number of aromatic nitrogens is 2. The SMILES string of the molecule is COC(=O)c1c(NC(=O)c2cccc(COc3ccc(C(C)(C)C)cc3)c2)cnn1C. The van der Waals surface area contributed by atoms with E-state index in [0.29, 0.717) is 17.9 Å². The number of carbonyl (C=O) groups excluding carboxylic acids is 2. The van der Waals surface area contributed by atoms with Crippen LogP contribution in [0.5, 0.6) is 5.75 Å². The predicted octanol–water partition coefficient (Wildman–Crippen LogP) is 4.34. The molecule has 0 bridgehead atoms. The lowest BCUT2D eigenvalue weighted by Gasteiger charge is -2.19. The van der Waals surface area contributed by atoms with Crippen LogP contribution in [-0.2, 0) is 23.8 Å². The molecular formula is C24H27N3O4. The quantitative estimate of drug-likeness (QED) is 0.599. The number of hydrogen-bond donors (Lipinski definition) is 1. The Labute approximate surface area is 182 Å². The van der Waals surface area contributed by atoms with Crippen LogP contribution in [0.25, 0.3) is 0 Å². The third-order valence-corrected chi connectivity index (χ3v) is 4.88. The van der Waals surface area contributed by atoms with E-state index in [9.17, 15) is 9.59 Å². The molecule has 1 N–H and O–H groups in total. The summed E-state index contributed by atoms with van der Waals surface area (Å²) in [6, 6.07) is 15.2. The van der Waals surface area contributed by atoms with Gasteiger partial charge in [-0.3, -0.25) is 9.48 Å². The average molecular weight is 421 g/mol. The van der Waals surface area contributed by atoms with E-state index in [2.05, 4.69) is 43.3 Å². The summed E-state index contributed by atoms with van der Waals surface area (Å²) in [5.41, 5.74) is 3.09. The molecule has 7 heteroatoms. The first-order chi connectivity index (χ1) is 14.7. The van der Waals surface area contributed by atoms with Crippen molar-refractivity contribution in [1.82, 2.24) is 9.78 Å². The number of carbonyl (C=O) groups is 2. The van der Waals surface area contributed by atoms with Crippen molar-refractivity contribution in [3.05, 3.63) is 77.1 Å². The molecule has 1 amide bonds. The number of aryl methyl sites for hydroxylation is 1. The van der Waals surface area contributed by atoms with Crippen LogP contribution in [0.4, 0.5) is 5.69 Å². The molecule has 0 spiro atoms. The summed E-state index contributed by atoms with van der Waals surface area (Å²) in [7, 11) is 2.88. The van der Waals surface area contributed by atoms with Crippen molar-refractivity contribution in [2.24, 2.45) is 7.05 Å². The lowest BCUT2D eigenvalue weighted by Crippen LogP contribution is -2.16. The van der Waals surface area contributed by atoms with E-state index < -0.39 is 5.97 Å². The van der Waals surface area contributed by atoms with Gasteiger partial charge in [0.25, 0.3) is 5.91 Å². The number of amides is 1. The zero-order chi connectivity index (χ0) is 22.6. The Morgan fingerprint density at radius 1 is 1.10 bits per heavy atom. The van der Waals surface area contributed by atoms with E-state index in [0.717, 1.165) is 11.3 Å². The van der Waals surface area contributed by atoms with Gasteiger partial charge in [-0.25, -0.2) is 4.79 Å². The van der Waals surface area contributed by atoms with Gasteiger partial charge >= 0.3 is 5.97 Å². The van der Waals surface area contributed by atoms with E-state index in [1.54, 1.807) is 25.2 Å². The van der Waals surface area contributed by atoms with Crippen LogP contribution in [0.3, 0.4) is 0 Å². The molecule has 0 aliphatic carbocycles. The Bertz CT molecular complexity index is 1080. The maximum absolute atomic E-state index is 12.7. The number of nitrogens with one attached hydrogen (secondary N) is 1. The molecule has 0 saturated heterocycles. The van der Waals surface area contributed by atoms with Gasteiger partial charge < -0.3 is 14.8 Å². The number of nitrogens with zero attached hydrogens (tertiary/aromatic N) is 2. The molecule has 3 rings (SSSR count). The average Bonchev–Trinajstić information content (AvgIpc) is 3.11. The lowest BCUT2D eigenvalue weighted by atomic mass is 9.87. The summed E-state index contributed by atoms with van der Waals surface area (Å²) < 4.78 is 12.0. The van der Waals surface area contributed by atoms with Gasteiger partial charge in [0.05, 0.1) is 19.0 Å². The van der Waals surface area contributed by atoms with Crippen LogP contribution < -0.4 is 10.1 Å². The molecule has 0 aliphatic rings. The van der Waals surface area contributed by atoms with Gasteiger partial charge in [0.15, 0.2) is 5.69 Å². The van der Waals surface area contributed by atoms with Crippen molar-refractivity contribution in [1.29, 1.82) is 0 Å². The molecule has 7 nitrogen and oxygen atoms in total. The predicted molar refractivity (Wildman–Crippen MR) is 118 cm³/mol. The number of rotatable bonds is 6. The fourth-order valence-electron chi connectivity index (χ4n) is 3.08. The largest absolute Gasteiger partial charge is 0.489 e. The highest BCUT2D eigenvalue weighted by molar-refractivity contribution is 6.07. The van der Waals surface area contributed by atoms with Crippen molar-refractivity contribution in [3.8, 4) is 5.75 Å². The zero-order valence-corrected chi connectivity index (χ0v) is 18.4. The first-order valence-corrected chi connectivity index (χ1v) is 9.93. The molecule has 1 aromatic heterocycles. The molecule has 0 fully saturated rings. The first kappa shape index (κ1) is 22.1. The number of benzene rings is 2. The van der Waals surface area contributed by atoms with Crippen molar-refractivity contribution < 1.29 is 19.1 Å². The van der Waals surface area contributed by atoms with Crippen LogP contribution >= 0.6 is 0 Å². The third kappa shape index (κ3) is 5.31. The summed E-state index contributed by atoms with van der Waals surface area (Å²) in [4.78, 5) is 24.6. The molecular weight excluding hydrogens is 394 g/mol. The van der Waals surface area contributed by atoms with Gasteiger partial charge in [0, 0.05) is 12.6 Å². The van der Waals surface area contributed by atoms with Crippen LogP contribution in [0.15, 0.2) is 54.7 Å². The summed E-state index contributed by atoms with van der Waals surface area (Å²) in [6.45, 7) is 6.83. The second-order valence-corrected chi connectivity index (χ2v) is 8.24. The van der Waals surface area contributed by atoms with Crippen molar-refractivity contribution >= 4 is 17.6 Å². The van der Waals surface area contributed by atoms with E-state index in [1.807, 2.05) is 18.2 Å². The Morgan fingerprint density at radius 3 is 2.45 bits per heavy atom. The highest BCUT2D eigenvalue weighted by atomic mass is 16.5. The summed E-state index contributed by atoms with van der Waals surface area (Å²) in [5, 5.41) is 6.74. The number of anilines is 1. The van der Waals surface area contributed by atoms with Crippen LogP contribution in [-0.4, -0.2) is 28.8 Å². The fraction of sp³-hybridized carbons (Fsp3) is 0.292. The smallest absolute Gasteiger partial charge is 0.358 e. The molecule has 0 unspecified atom stereocenters. The van der Waals surface area contributed by atoms with E-state index in [1.165, 1.54) is 23.6 Å². The third-order valence-electron chi connectivity index (χ3n) is 4.88. The van der Waals surface area contributed by atoms with E-state index >= 15 is 0 Å². The highest BCUT2D eigenvalue weighted by Gasteiger charge is 2.20. The maximum atomic E-state index is 12.7. The Balaban J connectivity index is 1.68. The normalized spacial score (nSPS) is 11.1. The number of methoxy groups -OCH3 is 1. The van der Waals surface area contributed by atoms with E-state index in [-0.39, 0.29) is 17.0 Å². The number of esters is 1. The first-order valence-electron chi connectivity index (χ1n) is 9.93. The number of hydrogen-bond acceptors (Lipinski definition) is 5. The van der Waals surface area contributed by atoms with Gasteiger partial charge in [0.2, 0.25) is 0 Å². The van der Waals surface area contributed by atoms with Crippen molar-refractivity contribution in [2.75, 3.05) is 12.4 Å². The minimum atomic E-state index is -0.574. The lowest BCUT2D eigenvalue weighted by molar-refractivity contribution is 0.0589. The summed E-state index contributed by atoms with van der Waals surface area (Å²) >= 11 is 0.